The minimum absolute atomic E-state index is 0.169. The Kier molecular flexibility index (Phi) is 2.48. The quantitative estimate of drug-likeness (QED) is 0.524. The van der Waals surface area contributed by atoms with Crippen molar-refractivity contribution in [2.24, 2.45) is 0 Å². The van der Waals surface area contributed by atoms with Crippen LogP contribution in [-0.4, -0.2) is 21.5 Å². The topological polar surface area (TPSA) is 65.7 Å². The van der Waals surface area contributed by atoms with E-state index < -0.39 is 0 Å². The van der Waals surface area contributed by atoms with Gasteiger partial charge < -0.3 is 9.97 Å². The number of aromatic amines is 2. The van der Waals surface area contributed by atoms with Crippen LogP contribution in [-0.2, 0) is 0 Å². The Labute approximate surface area is 136 Å². The molecule has 0 radical (unpaired) electrons. The Morgan fingerprint density at radius 1 is 0.625 bits per heavy atom. The van der Waals surface area contributed by atoms with Gasteiger partial charge in [-0.15, -0.1) is 0 Å². The third kappa shape index (κ3) is 1.62. The van der Waals surface area contributed by atoms with E-state index in [4.69, 9.17) is 0 Å². The zero-order valence-electron chi connectivity index (χ0n) is 12.6. The molecule has 114 valence electrons. The van der Waals surface area contributed by atoms with Crippen molar-refractivity contribution in [3.63, 3.8) is 0 Å². The maximum atomic E-state index is 12.7. The van der Waals surface area contributed by atoms with E-state index in [0.29, 0.717) is 16.6 Å². The van der Waals surface area contributed by atoms with Gasteiger partial charge in [-0.05, 0) is 17.5 Å². The first-order valence-electron chi connectivity index (χ1n) is 7.72. The van der Waals surface area contributed by atoms with Crippen LogP contribution in [0, 0.1) is 0 Å². The van der Waals surface area contributed by atoms with E-state index in [0.717, 1.165) is 21.8 Å². The number of fused-ring (bicyclic) bond motifs is 1. The molecule has 4 aromatic rings. The smallest absolute Gasteiger partial charge is 0.201 e. The Morgan fingerprint density at radius 3 is 1.71 bits per heavy atom. The summed E-state index contributed by atoms with van der Waals surface area (Å²) in [5, 5.41) is 2.15. The van der Waals surface area contributed by atoms with Crippen LogP contribution in [0.3, 0.4) is 0 Å². The number of carbonyl (C=O) groups is 2. The number of carbonyl (C=O) groups excluding carboxylic acids is 2. The molecular weight excluding hydrogens is 300 g/mol. The molecule has 24 heavy (non-hydrogen) atoms. The predicted molar refractivity (Wildman–Crippen MR) is 92.7 cm³/mol. The molecule has 0 spiro atoms. The normalized spacial score (nSPS) is 13.9. The summed E-state index contributed by atoms with van der Waals surface area (Å²) in [4.78, 5) is 31.9. The summed E-state index contributed by atoms with van der Waals surface area (Å²) in [6.45, 7) is 0. The fourth-order valence-electron chi connectivity index (χ4n) is 3.45. The van der Waals surface area contributed by atoms with Crippen molar-refractivity contribution in [2.45, 2.75) is 0 Å². The fourth-order valence-corrected chi connectivity index (χ4v) is 3.45. The molecular formula is C20H12N2O2. The van der Waals surface area contributed by atoms with Gasteiger partial charge in [-0.1, -0.05) is 48.5 Å². The van der Waals surface area contributed by atoms with Crippen molar-refractivity contribution in [3.05, 3.63) is 77.3 Å². The standard InChI is InChI=1S/C20H12N2O2/c23-18-12-7-1-2-8-13(12)19(24)17(18)20-21-14-9-3-5-11-6-4-10-15(22-20)16(11)14/h1-10,21-22H. The monoisotopic (exact) mass is 312 g/mol. The van der Waals surface area contributed by atoms with E-state index >= 15 is 0 Å². The fraction of sp³-hybridized carbons (Fsp3) is 0. The molecule has 1 aromatic heterocycles. The molecule has 1 aliphatic rings. The highest BCUT2D eigenvalue weighted by Gasteiger charge is 2.34. The lowest BCUT2D eigenvalue weighted by Crippen LogP contribution is -2.22. The SMILES string of the molecule is O=C1C(=c2[nH]c3cccc4cccc([nH]2)c43)C(=O)c2ccccc21. The number of H-pyrrole nitrogens is 2. The molecule has 5 rings (SSSR count). The third-order valence-electron chi connectivity index (χ3n) is 4.54. The minimum Gasteiger partial charge on any atom is -0.340 e. The first-order chi connectivity index (χ1) is 11.7. The van der Waals surface area contributed by atoms with Crippen molar-refractivity contribution in [3.8, 4) is 0 Å². The van der Waals surface area contributed by atoms with Crippen molar-refractivity contribution in [2.75, 3.05) is 0 Å². The number of ketones is 2. The van der Waals surface area contributed by atoms with Crippen LogP contribution in [0.5, 0.6) is 0 Å². The van der Waals surface area contributed by atoms with Crippen LogP contribution in [0.2, 0.25) is 0 Å². The van der Waals surface area contributed by atoms with E-state index in [9.17, 15) is 9.59 Å². The Balaban J connectivity index is 1.92. The van der Waals surface area contributed by atoms with Crippen molar-refractivity contribution >= 4 is 38.9 Å². The summed E-state index contributed by atoms with van der Waals surface area (Å²) in [6.07, 6.45) is 0. The van der Waals surface area contributed by atoms with Gasteiger partial charge >= 0.3 is 0 Å². The van der Waals surface area contributed by atoms with Gasteiger partial charge in [-0.3, -0.25) is 9.59 Å². The summed E-state index contributed by atoms with van der Waals surface area (Å²) < 4.78 is 0. The lowest BCUT2D eigenvalue weighted by Gasteiger charge is -2.07. The molecule has 0 bridgehead atoms. The molecule has 2 N–H and O–H groups in total. The minimum atomic E-state index is -0.239. The van der Waals surface area contributed by atoms with Gasteiger partial charge in [-0.25, -0.2) is 0 Å². The number of aromatic nitrogens is 2. The maximum absolute atomic E-state index is 12.7. The van der Waals surface area contributed by atoms with Crippen molar-refractivity contribution in [1.29, 1.82) is 0 Å². The van der Waals surface area contributed by atoms with Gasteiger partial charge in [0.1, 0.15) is 11.1 Å². The van der Waals surface area contributed by atoms with Crippen molar-refractivity contribution in [1.82, 2.24) is 9.97 Å². The van der Waals surface area contributed by atoms with E-state index in [1.165, 1.54) is 0 Å². The second-order valence-corrected chi connectivity index (χ2v) is 5.91. The maximum Gasteiger partial charge on any atom is 0.201 e. The molecule has 0 aliphatic heterocycles. The van der Waals surface area contributed by atoms with Crippen LogP contribution < -0.4 is 5.48 Å². The zero-order chi connectivity index (χ0) is 16.3. The molecule has 4 nitrogen and oxygen atoms in total. The highest BCUT2D eigenvalue weighted by atomic mass is 16.2. The zero-order valence-corrected chi connectivity index (χ0v) is 12.6. The van der Waals surface area contributed by atoms with E-state index in [2.05, 4.69) is 9.97 Å². The highest BCUT2D eigenvalue weighted by Crippen LogP contribution is 2.27. The Hall–Kier alpha value is -3.40. The van der Waals surface area contributed by atoms with Crippen molar-refractivity contribution < 1.29 is 9.59 Å². The molecule has 1 aliphatic carbocycles. The summed E-state index contributed by atoms with van der Waals surface area (Å²) in [6, 6.07) is 18.8. The lowest BCUT2D eigenvalue weighted by atomic mass is 10.1. The van der Waals surface area contributed by atoms with Gasteiger partial charge in [0, 0.05) is 27.5 Å². The molecule has 0 amide bonds. The van der Waals surface area contributed by atoms with E-state index in [1.807, 2.05) is 36.4 Å². The average molecular weight is 312 g/mol. The molecule has 4 heteroatoms. The van der Waals surface area contributed by atoms with Crippen LogP contribution in [0.15, 0.2) is 60.7 Å². The first-order valence-corrected chi connectivity index (χ1v) is 7.72. The number of benzene rings is 3. The molecule has 3 aromatic carbocycles. The number of nitrogens with one attached hydrogen (secondary N) is 2. The first kappa shape index (κ1) is 13.1. The largest absolute Gasteiger partial charge is 0.340 e. The Bertz CT molecular complexity index is 1150. The van der Waals surface area contributed by atoms with Crippen LogP contribution in [0.4, 0.5) is 0 Å². The average Bonchev–Trinajstić information content (AvgIpc) is 2.87. The van der Waals surface area contributed by atoms with E-state index in [1.54, 1.807) is 24.3 Å². The van der Waals surface area contributed by atoms with E-state index in [-0.39, 0.29) is 17.1 Å². The second-order valence-electron chi connectivity index (χ2n) is 5.91. The summed E-state index contributed by atoms with van der Waals surface area (Å²) in [7, 11) is 0. The van der Waals surface area contributed by atoms with Gasteiger partial charge in [0.25, 0.3) is 0 Å². The lowest BCUT2D eigenvalue weighted by molar-refractivity contribution is 0.102. The highest BCUT2D eigenvalue weighted by molar-refractivity contribution is 6.55. The van der Waals surface area contributed by atoms with Gasteiger partial charge in [0.05, 0.1) is 0 Å². The second kappa shape index (κ2) is 4.55. The van der Waals surface area contributed by atoms with Crippen LogP contribution in [0.1, 0.15) is 20.7 Å². The van der Waals surface area contributed by atoms with Crippen LogP contribution >= 0.6 is 0 Å². The molecule has 0 saturated heterocycles. The van der Waals surface area contributed by atoms with Crippen LogP contribution in [0.25, 0.3) is 27.4 Å². The van der Waals surface area contributed by atoms with Gasteiger partial charge in [-0.2, -0.15) is 0 Å². The molecule has 0 unspecified atom stereocenters. The van der Waals surface area contributed by atoms with Gasteiger partial charge in [0.15, 0.2) is 0 Å². The number of hydrogen-bond acceptors (Lipinski definition) is 2. The molecule has 0 atom stereocenters. The Morgan fingerprint density at radius 2 is 1.17 bits per heavy atom. The van der Waals surface area contributed by atoms with Gasteiger partial charge in [0.2, 0.25) is 11.6 Å². The summed E-state index contributed by atoms with van der Waals surface area (Å²) in [5.41, 5.74) is 3.33. The molecule has 0 fully saturated rings. The number of rotatable bonds is 0. The summed E-state index contributed by atoms with van der Waals surface area (Å²) in [5.74, 6) is -0.477. The molecule has 1 heterocycles. The molecule has 0 saturated carbocycles. The number of Topliss-reactive ketones (excluding diaryl/α,β-unsaturated/α-hetero) is 2. The third-order valence-corrected chi connectivity index (χ3v) is 4.54. The number of hydrogen-bond donors (Lipinski definition) is 2. The predicted octanol–water partition coefficient (Wildman–Crippen LogP) is 3.16. The summed E-state index contributed by atoms with van der Waals surface area (Å²) >= 11 is 0.